The minimum Gasteiger partial charge on any atom is -0.395 e. The first-order valence-electron chi connectivity index (χ1n) is 11.1. The van der Waals surface area contributed by atoms with E-state index in [1.54, 1.807) is 0 Å². The fraction of sp³-hybridized carbons (Fsp3) is 0.636. The molecule has 1 atom stereocenters. The van der Waals surface area contributed by atoms with Crippen LogP contribution in [0.2, 0.25) is 0 Å². The maximum atomic E-state index is 13.4. The van der Waals surface area contributed by atoms with Crippen LogP contribution in [-0.2, 0) is 16.1 Å². The summed E-state index contributed by atoms with van der Waals surface area (Å²) >= 11 is 0. The number of fused-ring (bicyclic) bond motifs is 1. The van der Waals surface area contributed by atoms with Gasteiger partial charge in [-0.3, -0.25) is 9.69 Å². The summed E-state index contributed by atoms with van der Waals surface area (Å²) in [7, 11) is 0. The topological polar surface area (TPSA) is 74.1 Å². The van der Waals surface area contributed by atoms with E-state index in [-0.39, 0.29) is 12.0 Å². The Morgan fingerprint density at radius 2 is 1.83 bits per heavy atom. The Bertz CT molecular complexity index is 909. The lowest BCUT2D eigenvalue weighted by atomic mass is 9.85. The predicted octanol–water partition coefficient (Wildman–Crippen LogP) is 0.790. The van der Waals surface area contributed by atoms with E-state index in [1.807, 2.05) is 24.3 Å². The number of imidazole rings is 1. The average molecular weight is 414 g/mol. The molecule has 3 aliphatic rings. The van der Waals surface area contributed by atoms with Gasteiger partial charge in [-0.15, -0.1) is 0 Å². The maximum Gasteiger partial charge on any atom is 0.230 e. The Balaban J connectivity index is 1.29. The zero-order valence-electron chi connectivity index (χ0n) is 17.5. The van der Waals surface area contributed by atoms with Gasteiger partial charge in [0.1, 0.15) is 0 Å². The minimum absolute atomic E-state index is 0.0700. The summed E-state index contributed by atoms with van der Waals surface area (Å²) in [5.41, 5.74) is 1.69. The molecule has 0 aliphatic carbocycles. The van der Waals surface area contributed by atoms with Gasteiger partial charge in [0.05, 0.1) is 36.3 Å². The second-order valence-electron chi connectivity index (χ2n) is 8.72. The molecule has 0 saturated carbocycles. The summed E-state index contributed by atoms with van der Waals surface area (Å²) < 4.78 is 7.51. The van der Waals surface area contributed by atoms with E-state index in [0.29, 0.717) is 19.0 Å². The van der Waals surface area contributed by atoms with Crippen molar-refractivity contribution < 1.29 is 14.6 Å². The molecule has 30 heavy (non-hydrogen) atoms. The van der Waals surface area contributed by atoms with E-state index in [1.165, 1.54) is 0 Å². The van der Waals surface area contributed by atoms with Crippen LogP contribution in [0.5, 0.6) is 0 Å². The van der Waals surface area contributed by atoms with Crippen LogP contribution in [0.15, 0.2) is 24.3 Å². The molecule has 8 heteroatoms. The highest BCUT2D eigenvalue weighted by atomic mass is 16.5. The van der Waals surface area contributed by atoms with Crippen molar-refractivity contribution >= 4 is 22.9 Å². The van der Waals surface area contributed by atoms with Crippen LogP contribution in [-0.4, -0.2) is 96.0 Å². The van der Waals surface area contributed by atoms with Crippen molar-refractivity contribution in [2.45, 2.75) is 19.4 Å². The van der Waals surface area contributed by atoms with Gasteiger partial charge in [-0.2, -0.15) is 0 Å². The summed E-state index contributed by atoms with van der Waals surface area (Å²) in [6.45, 7) is 8.23. The lowest BCUT2D eigenvalue weighted by Gasteiger charge is -2.29. The average Bonchev–Trinajstić information content (AvgIpc) is 3.45. The monoisotopic (exact) mass is 413 g/mol. The Hall–Kier alpha value is -2.16. The number of para-hydroxylation sites is 2. The first kappa shape index (κ1) is 19.8. The third-order valence-electron chi connectivity index (χ3n) is 6.99. The van der Waals surface area contributed by atoms with E-state index in [4.69, 9.17) is 9.72 Å². The number of ether oxygens (including phenoxy) is 1. The molecule has 1 aromatic heterocycles. The van der Waals surface area contributed by atoms with Crippen molar-refractivity contribution in [3.63, 3.8) is 0 Å². The molecule has 8 nitrogen and oxygen atoms in total. The first-order chi connectivity index (χ1) is 14.7. The molecule has 4 heterocycles. The fourth-order valence-electron chi connectivity index (χ4n) is 5.24. The molecule has 0 radical (unpaired) electrons. The molecular weight excluding hydrogens is 382 g/mol. The zero-order valence-corrected chi connectivity index (χ0v) is 17.5. The number of morpholine rings is 1. The van der Waals surface area contributed by atoms with Gasteiger partial charge in [0, 0.05) is 52.4 Å². The Kier molecular flexibility index (Phi) is 5.39. The Morgan fingerprint density at radius 3 is 2.67 bits per heavy atom. The number of likely N-dealkylation sites (tertiary alicyclic amines) is 1. The molecule has 1 amide bonds. The Morgan fingerprint density at radius 1 is 1.03 bits per heavy atom. The number of amides is 1. The van der Waals surface area contributed by atoms with Crippen LogP contribution >= 0.6 is 0 Å². The number of rotatable bonds is 6. The molecule has 0 bridgehead atoms. The predicted molar refractivity (Wildman–Crippen MR) is 115 cm³/mol. The van der Waals surface area contributed by atoms with Crippen LogP contribution in [0.3, 0.4) is 0 Å². The normalized spacial score (nSPS) is 25.3. The van der Waals surface area contributed by atoms with Gasteiger partial charge in [0.15, 0.2) is 0 Å². The summed E-state index contributed by atoms with van der Waals surface area (Å²) in [5, 5.41) is 9.57. The molecule has 3 aliphatic heterocycles. The summed E-state index contributed by atoms with van der Waals surface area (Å²) in [6.07, 6.45) is 1.80. The van der Waals surface area contributed by atoms with Gasteiger partial charge in [-0.05, 0) is 25.0 Å². The number of carbonyl (C=O) groups excluding carboxylic acids is 1. The number of hydrogen-bond acceptors (Lipinski definition) is 6. The molecule has 1 aromatic carbocycles. The van der Waals surface area contributed by atoms with Gasteiger partial charge in [-0.1, -0.05) is 12.1 Å². The second kappa shape index (κ2) is 8.17. The molecule has 1 N–H and O–H groups in total. The van der Waals surface area contributed by atoms with Crippen LogP contribution in [0.1, 0.15) is 12.8 Å². The third-order valence-corrected chi connectivity index (χ3v) is 6.99. The van der Waals surface area contributed by atoms with Crippen molar-refractivity contribution in [2.75, 3.05) is 70.5 Å². The number of aliphatic hydroxyl groups is 1. The van der Waals surface area contributed by atoms with Crippen molar-refractivity contribution in [1.29, 1.82) is 0 Å². The van der Waals surface area contributed by atoms with Crippen LogP contribution in [0.4, 0.5) is 5.95 Å². The minimum atomic E-state index is -0.285. The van der Waals surface area contributed by atoms with Gasteiger partial charge in [0.25, 0.3) is 0 Å². The lowest BCUT2D eigenvalue weighted by Crippen LogP contribution is -2.43. The highest BCUT2D eigenvalue weighted by Gasteiger charge is 2.51. The van der Waals surface area contributed by atoms with E-state index in [9.17, 15) is 9.90 Å². The maximum absolute atomic E-state index is 13.4. The molecule has 3 saturated heterocycles. The molecule has 1 unspecified atom stereocenters. The highest BCUT2D eigenvalue weighted by molar-refractivity contribution is 5.86. The van der Waals surface area contributed by atoms with Crippen LogP contribution in [0.25, 0.3) is 11.0 Å². The van der Waals surface area contributed by atoms with Crippen molar-refractivity contribution in [2.24, 2.45) is 5.41 Å². The van der Waals surface area contributed by atoms with E-state index < -0.39 is 0 Å². The van der Waals surface area contributed by atoms with Crippen LogP contribution < -0.4 is 4.90 Å². The fourth-order valence-corrected chi connectivity index (χ4v) is 5.24. The van der Waals surface area contributed by atoms with Gasteiger partial charge in [-0.25, -0.2) is 4.98 Å². The Labute approximate surface area is 177 Å². The van der Waals surface area contributed by atoms with E-state index in [2.05, 4.69) is 19.3 Å². The van der Waals surface area contributed by atoms with Gasteiger partial charge < -0.3 is 24.2 Å². The lowest BCUT2D eigenvalue weighted by molar-refractivity contribution is -0.135. The molecule has 3 fully saturated rings. The summed E-state index contributed by atoms with van der Waals surface area (Å²) in [6, 6.07) is 8.04. The number of carbonyl (C=O) groups is 1. The van der Waals surface area contributed by atoms with Gasteiger partial charge in [0.2, 0.25) is 11.9 Å². The molecule has 2 aromatic rings. The first-order valence-corrected chi connectivity index (χ1v) is 11.1. The molecule has 1 spiro atoms. The summed E-state index contributed by atoms with van der Waals surface area (Å²) in [4.78, 5) is 24.9. The van der Waals surface area contributed by atoms with E-state index >= 15 is 0 Å². The largest absolute Gasteiger partial charge is 0.395 e. The number of aliphatic hydroxyl groups excluding tert-OH is 1. The summed E-state index contributed by atoms with van der Waals surface area (Å²) in [5.74, 6) is 1.18. The molecule has 162 valence electrons. The standard InChI is InChI=1S/C22H31N5O3/c28-14-11-27-19-4-2-1-3-18(19)23-21(27)26-8-6-22(17-26)5-7-25(20(22)29)10-9-24-12-15-30-16-13-24/h1-4,28H,5-17H2. The second-order valence-corrected chi connectivity index (χ2v) is 8.72. The molecule has 5 rings (SSSR count). The van der Waals surface area contributed by atoms with Crippen molar-refractivity contribution in [3.8, 4) is 0 Å². The van der Waals surface area contributed by atoms with Gasteiger partial charge >= 0.3 is 0 Å². The SMILES string of the molecule is O=C1N(CCN2CCOCC2)CCC12CCN(c1nc3ccccc3n1CCO)C2. The third kappa shape index (κ3) is 3.46. The number of anilines is 1. The number of nitrogens with zero attached hydrogens (tertiary/aromatic N) is 5. The zero-order chi connectivity index (χ0) is 20.6. The quantitative estimate of drug-likeness (QED) is 0.755. The number of benzene rings is 1. The van der Waals surface area contributed by atoms with Crippen molar-refractivity contribution in [1.82, 2.24) is 19.4 Å². The number of hydrogen-bond donors (Lipinski definition) is 1. The smallest absolute Gasteiger partial charge is 0.230 e. The molecular formula is C22H31N5O3. The number of aromatic nitrogens is 2. The van der Waals surface area contributed by atoms with Crippen molar-refractivity contribution in [3.05, 3.63) is 24.3 Å². The van der Waals surface area contributed by atoms with Crippen LogP contribution in [0, 0.1) is 5.41 Å². The highest BCUT2D eigenvalue weighted by Crippen LogP contribution is 2.42. The van der Waals surface area contributed by atoms with E-state index in [0.717, 1.165) is 82.3 Å².